The van der Waals surface area contributed by atoms with Crippen LogP contribution in [0.3, 0.4) is 0 Å². The van der Waals surface area contributed by atoms with Gasteiger partial charge < -0.3 is 0 Å². The molecular formula is C20H12F4N4. The molecule has 0 aromatic carbocycles. The van der Waals surface area contributed by atoms with Gasteiger partial charge in [0.1, 0.15) is 11.8 Å². The Kier molecular flexibility index (Phi) is 5.08. The molecule has 0 aromatic heterocycles. The second-order valence-electron chi connectivity index (χ2n) is 6.99. The van der Waals surface area contributed by atoms with E-state index in [1.807, 2.05) is 0 Å². The molecule has 1 fully saturated rings. The van der Waals surface area contributed by atoms with Crippen LogP contribution >= 0.6 is 0 Å². The minimum absolute atomic E-state index is 0.918. The fourth-order valence-electron chi connectivity index (χ4n) is 4.71. The van der Waals surface area contributed by atoms with Crippen LogP contribution in [-0.2, 0) is 0 Å². The molecule has 0 saturated heterocycles. The van der Waals surface area contributed by atoms with Crippen molar-refractivity contribution in [3.63, 3.8) is 0 Å². The Morgan fingerprint density at radius 3 is 0.929 bits per heavy atom. The molecule has 0 radical (unpaired) electrons. The van der Waals surface area contributed by atoms with Gasteiger partial charge in [0.2, 0.25) is 0 Å². The van der Waals surface area contributed by atoms with E-state index >= 15 is 0 Å². The van der Waals surface area contributed by atoms with Crippen LogP contribution in [0.1, 0.15) is 0 Å². The lowest BCUT2D eigenvalue weighted by Crippen LogP contribution is -2.50. The van der Waals surface area contributed by atoms with Crippen molar-refractivity contribution in [1.82, 2.24) is 0 Å². The summed E-state index contributed by atoms with van der Waals surface area (Å²) >= 11 is 0. The van der Waals surface area contributed by atoms with E-state index in [4.69, 9.17) is 0 Å². The number of rotatable bonds is 2. The van der Waals surface area contributed by atoms with Crippen molar-refractivity contribution >= 4 is 0 Å². The predicted octanol–water partition coefficient (Wildman–Crippen LogP) is 4.46. The van der Waals surface area contributed by atoms with E-state index in [2.05, 4.69) is 0 Å². The van der Waals surface area contributed by atoms with E-state index in [0.717, 1.165) is 24.3 Å². The van der Waals surface area contributed by atoms with E-state index in [0.29, 0.717) is 0 Å². The molecule has 3 aliphatic rings. The van der Waals surface area contributed by atoms with Crippen LogP contribution in [0.4, 0.5) is 17.6 Å². The van der Waals surface area contributed by atoms with Gasteiger partial charge in [-0.1, -0.05) is 0 Å². The Morgan fingerprint density at radius 2 is 0.750 bits per heavy atom. The Hall–Kier alpha value is -3.36. The van der Waals surface area contributed by atoms with Gasteiger partial charge in [0.05, 0.1) is 24.3 Å². The summed E-state index contributed by atoms with van der Waals surface area (Å²) < 4.78 is 56.0. The van der Waals surface area contributed by atoms with Gasteiger partial charge in [0.15, 0.2) is 23.3 Å². The molecule has 3 rings (SSSR count). The van der Waals surface area contributed by atoms with E-state index in [1.165, 1.54) is 0 Å². The van der Waals surface area contributed by atoms with Crippen molar-refractivity contribution < 1.29 is 17.6 Å². The molecule has 8 heteroatoms. The minimum atomic E-state index is -1.30. The number of halogens is 4. The van der Waals surface area contributed by atoms with Crippen LogP contribution in [0, 0.1) is 92.7 Å². The molecule has 0 bridgehead atoms. The Bertz CT molecular complexity index is 826. The summed E-state index contributed by atoms with van der Waals surface area (Å²) in [5.41, 5.74) is 0. The average Bonchev–Trinajstić information content (AvgIpc) is 2.68. The first-order valence-corrected chi connectivity index (χ1v) is 8.46. The van der Waals surface area contributed by atoms with Crippen LogP contribution in [0.2, 0.25) is 0 Å². The molecule has 0 spiro atoms. The summed E-state index contributed by atoms with van der Waals surface area (Å²) in [6.45, 7) is 0. The summed E-state index contributed by atoms with van der Waals surface area (Å²) in [4.78, 5) is 0. The third kappa shape index (κ3) is 2.88. The molecule has 4 atom stereocenters. The Labute approximate surface area is 158 Å². The van der Waals surface area contributed by atoms with Gasteiger partial charge in [-0.2, -0.15) is 21.0 Å². The lowest BCUT2D eigenvalue weighted by Gasteiger charge is -2.51. The number of nitrogens with zero attached hydrogens (tertiary/aromatic N) is 4. The fourth-order valence-corrected chi connectivity index (χ4v) is 4.71. The SMILES string of the molecule is N#CC(C#N)C1C2C=C(F)C(F)=CC2C(C(C#N)C#N)C2C=C(F)C(F)=CC21. The molecule has 0 N–H and O–H groups in total. The summed E-state index contributed by atoms with van der Waals surface area (Å²) in [6, 6.07) is 7.15. The summed E-state index contributed by atoms with van der Waals surface area (Å²) in [5, 5.41) is 37.5. The van der Waals surface area contributed by atoms with Gasteiger partial charge >= 0.3 is 0 Å². The van der Waals surface area contributed by atoms with Gasteiger partial charge in [0.25, 0.3) is 0 Å². The average molecular weight is 384 g/mol. The van der Waals surface area contributed by atoms with Gasteiger partial charge in [-0.3, -0.25) is 0 Å². The maximum atomic E-state index is 14.0. The molecular weight excluding hydrogens is 372 g/mol. The van der Waals surface area contributed by atoms with Crippen molar-refractivity contribution in [3.05, 3.63) is 47.6 Å². The van der Waals surface area contributed by atoms with E-state index in [9.17, 15) is 38.6 Å². The van der Waals surface area contributed by atoms with Gasteiger partial charge in [0, 0.05) is 11.8 Å². The topological polar surface area (TPSA) is 95.2 Å². The van der Waals surface area contributed by atoms with Crippen LogP contribution in [0.15, 0.2) is 47.6 Å². The zero-order valence-corrected chi connectivity index (χ0v) is 14.2. The van der Waals surface area contributed by atoms with Crippen molar-refractivity contribution in [2.45, 2.75) is 0 Å². The van der Waals surface area contributed by atoms with Crippen molar-refractivity contribution in [3.8, 4) is 24.3 Å². The number of fused-ring (bicyclic) bond motifs is 2. The standard InChI is InChI=1S/C20H12F4N4/c21-15-1-11-12(2-16(15)22)20(10(7-27)8-28)14-4-18(24)17(23)3-13(14)19(11)9(5-25)6-26/h1-4,9-14,19-20H. The smallest absolute Gasteiger partial charge is 0.154 e. The molecule has 140 valence electrons. The lowest BCUT2D eigenvalue weighted by atomic mass is 9.50. The fraction of sp³-hybridized carbons (Fsp3) is 0.400. The van der Waals surface area contributed by atoms with Gasteiger partial charge in [-0.25, -0.2) is 17.6 Å². The Morgan fingerprint density at radius 1 is 0.536 bits per heavy atom. The van der Waals surface area contributed by atoms with Crippen molar-refractivity contribution in [2.75, 3.05) is 0 Å². The second-order valence-corrected chi connectivity index (χ2v) is 6.99. The number of allylic oxidation sites excluding steroid dienone is 8. The molecule has 4 nitrogen and oxygen atoms in total. The summed E-state index contributed by atoms with van der Waals surface area (Å²) in [5.74, 6) is -13.0. The summed E-state index contributed by atoms with van der Waals surface area (Å²) in [7, 11) is 0. The molecule has 0 heterocycles. The highest BCUT2D eigenvalue weighted by atomic mass is 19.2. The lowest BCUT2D eigenvalue weighted by molar-refractivity contribution is 0.0388. The largest absolute Gasteiger partial charge is 0.204 e. The molecule has 0 amide bonds. The molecule has 3 aliphatic carbocycles. The van der Waals surface area contributed by atoms with Crippen molar-refractivity contribution in [1.29, 1.82) is 21.0 Å². The first kappa shape index (κ1) is 19.4. The van der Waals surface area contributed by atoms with Crippen LogP contribution in [0.25, 0.3) is 0 Å². The molecule has 28 heavy (non-hydrogen) atoms. The van der Waals surface area contributed by atoms with Gasteiger partial charge in [-0.15, -0.1) is 0 Å². The monoisotopic (exact) mass is 384 g/mol. The maximum absolute atomic E-state index is 14.0. The Balaban J connectivity index is 2.24. The van der Waals surface area contributed by atoms with Crippen LogP contribution < -0.4 is 0 Å². The van der Waals surface area contributed by atoms with Crippen molar-refractivity contribution in [2.24, 2.45) is 47.3 Å². The molecule has 0 aliphatic heterocycles. The second kappa shape index (κ2) is 7.34. The zero-order valence-electron chi connectivity index (χ0n) is 14.2. The zero-order chi connectivity index (χ0) is 20.6. The molecule has 0 aromatic rings. The number of hydrogen-bond acceptors (Lipinski definition) is 4. The highest BCUT2D eigenvalue weighted by molar-refractivity contribution is 5.36. The third-order valence-corrected chi connectivity index (χ3v) is 5.80. The number of nitriles is 4. The normalized spacial score (nSPS) is 33.6. The van der Waals surface area contributed by atoms with Gasteiger partial charge in [-0.05, 0) is 48.0 Å². The summed E-state index contributed by atoms with van der Waals surface area (Å²) in [6.07, 6.45) is 3.67. The predicted molar refractivity (Wildman–Crippen MR) is 87.1 cm³/mol. The van der Waals surface area contributed by atoms with Crippen LogP contribution in [0.5, 0.6) is 0 Å². The first-order valence-electron chi connectivity index (χ1n) is 8.46. The maximum Gasteiger partial charge on any atom is 0.154 e. The van der Waals surface area contributed by atoms with Crippen LogP contribution in [-0.4, -0.2) is 0 Å². The highest BCUT2D eigenvalue weighted by Crippen LogP contribution is 2.57. The number of hydrogen-bond donors (Lipinski definition) is 0. The van der Waals surface area contributed by atoms with E-state index in [1.54, 1.807) is 24.3 Å². The molecule has 4 unspecified atom stereocenters. The van der Waals surface area contributed by atoms with E-state index in [-0.39, 0.29) is 0 Å². The quantitative estimate of drug-likeness (QED) is 0.657. The first-order chi connectivity index (χ1) is 13.4. The molecule has 1 saturated carbocycles. The highest BCUT2D eigenvalue weighted by Gasteiger charge is 2.55. The third-order valence-electron chi connectivity index (χ3n) is 5.80. The minimum Gasteiger partial charge on any atom is -0.204 e. The van der Waals surface area contributed by atoms with E-state index < -0.39 is 70.7 Å².